The Kier molecular flexibility index (Phi) is 9.73. The van der Waals surface area contributed by atoms with Crippen LogP contribution in [0.25, 0.3) is 0 Å². The van der Waals surface area contributed by atoms with Crippen LogP contribution in [0.4, 0.5) is 10.5 Å². The number of carbonyl (C=O) groups is 3. The third-order valence-corrected chi connectivity index (χ3v) is 6.38. The van der Waals surface area contributed by atoms with E-state index in [1.54, 1.807) is 52.1 Å². The highest BCUT2D eigenvalue weighted by Gasteiger charge is 2.34. The molecular formula is C33H37N3O4. The summed E-state index contributed by atoms with van der Waals surface area (Å²) in [4.78, 5) is 42.0. The number of likely N-dealkylation sites (N-methyl/N-ethyl adjacent to an activating group) is 1. The molecule has 0 aliphatic heterocycles. The molecule has 7 nitrogen and oxygen atoms in total. The number of anilines is 1. The molecule has 0 bridgehead atoms. The lowest BCUT2D eigenvalue weighted by molar-refractivity contribution is -0.139. The molecule has 0 aliphatic carbocycles. The lowest BCUT2D eigenvalue weighted by atomic mass is 9.99. The fourth-order valence-electron chi connectivity index (χ4n) is 4.39. The summed E-state index contributed by atoms with van der Waals surface area (Å²) in [7, 11) is 1.56. The quantitative estimate of drug-likeness (QED) is 0.367. The molecule has 3 aromatic carbocycles. The minimum atomic E-state index is -1.00. The molecule has 208 valence electrons. The van der Waals surface area contributed by atoms with Crippen molar-refractivity contribution >= 4 is 23.6 Å². The average molecular weight is 540 g/mol. The second-order valence-corrected chi connectivity index (χ2v) is 10.8. The van der Waals surface area contributed by atoms with Crippen LogP contribution in [0.2, 0.25) is 0 Å². The van der Waals surface area contributed by atoms with Crippen LogP contribution in [0.15, 0.2) is 72.8 Å². The van der Waals surface area contributed by atoms with Crippen molar-refractivity contribution in [2.24, 2.45) is 0 Å². The Bertz CT molecular complexity index is 1370. The van der Waals surface area contributed by atoms with Crippen molar-refractivity contribution in [3.63, 3.8) is 0 Å². The van der Waals surface area contributed by atoms with Crippen LogP contribution in [0.5, 0.6) is 0 Å². The zero-order valence-corrected chi connectivity index (χ0v) is 23.9. The molecule has 0 spiro atoms. The van der Waals surface area contributed by atoms with Crippen molar-refractivity contribution in [2.45, 2.75) is 58.7 Å². The largest absolute Gasteiger partial charge is 0.444 e. The number of amides is 3. The standard InChI is InChI=1S/C33H37N3O4/c1-8-24-17-19-26(20-18-24)29(30(37)35-28-22(2)13-12-14-23(28)3)36(7)31(38)27(21-25-15-10-9-11-16-25)34-32(39)40-33(4,5)6/h1,9-20,27,29H,21H2,2-7H3,(H,34,39)(H,35,37). The number of hydrogen-bond donors (Lipinski definition) is 2. The first-order chi connectivity index (χ1) is 18.9. The van der Waals surface area contributed by atoms with Crippen LogP contribution < -0.4 is 10.6 Å². The minimum Gasteiger partial charge on any atom is -0.444 e. The van der Waals surface area contributed by atoms with E-state index in [0.29, 0.717) is 16.8 Å². The van der Waals surface area contributed by atoms with Crippen molar-refractivity contribution in [3.8, 4) is 12.3 Å². The maximum Gasteiger partial charge on any atom is 0.408 e. The van der Waals surface area contributed by atoms with Gasteiger partial charge in [-0.2, -0.15) is 0 Å². The van der Waals surface area contributed by atoms with Gasteiger partial charge < -0.3 is 20.3 Å². The molecule has 0 aromatic heterocycles. The van der Waals surface area contributed by atoms with E-state index < -0.39 is 35.6 Å². The summed E-state index contributed by atoms with van der Waals surface area (Å²) in [6.07, 6.45) is 5.03. The van der Waals surface area contributed by atoms with Crippen molar-refractivity contribution in [1.29, 1.82) is 0 Å². The maximum atomic E-state index is 14.0. The normalized spacial score (nSPS) is 12.4. The van der Waals surface area contributed by atoms with E-state index in [0.717, 1.165) is 16.7 Å². The Hall–Kier alpha value is -4.57. The molecule has 0 heterocycles. The molecule has 3 amide bonds. The molecule has 3 aromatic rings. The predicted octanol–water partition coefficient (Wildman–Crippen LogP) is 5.56. The van der Waals surface area contributed by atoms with E-state index in [2.05, 4.69) is 16.6 Å². The molecular weight excluding hydrogens is 502 g/mol. The van der Waals surface area contributed by atoms with Crippen molar-refractivity contribution in [2.75, 3.05) is 12.4 Å². The first-order valence-corrected chi connectivity index (χ1v) is 13.1. The third kappa shape index (κ3) is 7.97. The van der Waals surface area contributed by atoms with E-state index in [-0.39, 0.29) is 6.42 Å². The Morgan fingerprint density at radius 3 is 2.08 bits per heavy atom. The monoisotopic (exact) mass is 539 g/mol. The third-order valence-electron chi connectivity index (χ3n) is 6.38. The van der Waals surface area contributed by atoms with Crippen molar-refractivity contribution in [3.05, 3.63) is 101 Å². The molecule has 0 radical (unpaired) electrons. The van der Waals surface area contributed by atoms with E-state index in [4.69, 9.17) is 11.2 Å². The minimum absolute atomic E-state index is 0.213. The smallest absolute Gasteiger partial charge is 0.408 e. The summed E-state index contributed by atoms with van der Waals surface area (Å²) in [5.74, 6) is 1.73. The number of ether oxygens (including phenoxy) is 1. The van der Waals surface area contributed by atoms with Gasteiger partial charge in [-0.1, -0.05) is 66.6 Å². The number of nitrogens with zero attached hydrogens (tertiary/aromatic N) is 1. The summed E-state index contributed by atoms with van der Waals surface area (Å²) in [6, 6.07) is 20.0. The van der Waals surface area contributed by atoms with Crippen molar-refractivity contribution < 1.29 is 19.1 Å². The van der Waals surface area contributed by atoms with Crippen LogP contribution in [-0.2, 0) is 20.7 Å². The molecule has 0 aliphatic rings. The van der Waals surface area contributed by atoms with Crippen LogP contribution >= 0.6 is 0 Å². The fraction of sp³-hybridized carbons (Fsp3) is 0.303. The van der Waals surface area contributed by atoms with Crippen LogP contribution in [0, 0.1) is 26.2 Å². The highest BCUT2D eigenvalue weighted by Crippen LogP contribution is 2.26. The summed E-state index contributed by atoms with van der Waals surface area (Å²) in [5.41, 5.74) is 3.82. The van der Waals surface area contributed by atoms with E-state index in [9.17, 15) is 14.4 Å². The van der Waals surface area contributed by atoms with E-state index in [1.165, 1.54) is 4.90 Å². The van der Waals surface area contributed by atoms with Gasteiger partial charge in [0.15, 0.2) is 0 Å². The zero-order valence-electron chi connectivity index (χ0n) is 23.9. The second-order valence-electron chi connectivity index (χ2n) is 10.8. The van der Waals surface area contributed by atoms with Gasteiger partial charge in [0.05, 0.1) is 0 Å². The van der Waals surface area contributed by atoms with Crippen LogP contribution in [0.1, 0.15) is 54.6 Å². The molecule has 2 atom stereocenters. The van der Waals surface area contributed by atoms with Gasteiger partial charge in [-0.3, -0.25) is 9.59 Å². The topological polar surface area (TPSA) is 87.7 Å². The molecule has 0 saturated carbocycles. The van der Waals surface area contributed by atoms with Gasteiger partial charge in [0, 0.05) is 24.7 Å². The number of aryl methyl sites for hydroxylation is 2. The average Bonchev–Trinajstić information content (AvgIpc) is 2.90. The van der Waals surface area contributed by atoms with Crippen molar-refractivity contribution in [1.82, 2.24) is 10.2 Å². The number of carbonyl (C=O) groups excluding carboxylic acids is 3. The number of rotatable bonds is 8. The Morgan fingerprint density at radius 2 is 1.52 bits per heavy atom. The molecule has 0 fully saturated rings. The number of benzene rings is 3. The maximum absolute atomic E-state index is 14.0. The Labute approximate surface area is 236 Å². The zero-order chi connectivity index (χ0) is 29.4. The number of alkyl carbamates (subject to hydrolysis) is 1. The van der Waals surface area contributed by atoms with Gasteiger partial charge in [-0.25, -0.2) is 4.79 Å². The lowest BCUT2D eigenvalue weighted by Crippen LogP contribution is -2.52. The number of hydrogen-bond acceptors (Lipinski definition) is 4. The first-order valence-electron chi connectivity index (χ1n) is 13.1. The molecule has 3 rings (SSSR count). The summed E-state index contributed by atoms with van der Waals surface area (Å²) >= 11 is 0. The van der Waals surface area contributed by atoms with Crippen LogP contribution in [0.3, 0.4) is 0 Å². The second kappa shape index (κ2) is 13.0. The molecule has 2 N–H and O–H groups in total. The highest BCUT2D eigenvalue weighted by molar-refractivity contribution is 5.99. The van der Waals surface area contributed by atoms with Gasteiger partial charge in [0.25, 0.3) is 5.91 Å². The first kappa shape index (κ1) is 30.0. The Morgan fingerprint density at radius 1 is 0.925 bits per heavy atom. The number of nitrogens with one attached hydrogen (secondary N) is 2. The van der Waals surface area contributed by atoms with E-state index in [1.807, 2.05) is 62.4 Å². The molecule has 7 heteroatoms. The van der Waals surface area contributed by atoms with Gasteiger partial charge in [-0.15, -0.1) is 6.42 Å². The summed E-state index contributed by atoms with van der Waals surface area (Å²) in [6.45, 7) is 9.07. The highest BCUT2D eigenvalue weighted by atomic mass is 16.6. The molecule has 0 saturated heterocycles. The molecule has 2 unspecified atom stereocenters. The number of terminal acetylenes is 1. The van der Waals surface area contributed by atoms with Crippen LogP contribution in [-0.4, -0.2) is 41.5 Å². The summed E-state index contributed by atoms with van der Waals surface area (Å²) < 4.78 is 5.44. The van der Waals surface area contributed by atoms with Gasteiger partial charge in [-0.05, 0) is 69.0 Å². The van der Waals surface area contributed by atoms with Gasteiger partial charge in [0.2, 0.25) is 5.91 Å². The van der Waals surface area contributed by atoms with Gasteiger partial charge in [0.1, 0.15) is 17.7 Å². The SMILES string of the molecule is C#Cc1ccc(C(C(=O)Nc2c(C)cccc2C)N(C)C(=O)C(Cc2ccccc2)NC(=O)OC(C)(C)C)cc1. The Balaban J connectivity index is 1.99. The summed E-state index contributed by atoms with van der Waals surface area (Å²) in [5, 5.41) is 5.74. The van der Waals surface area contributed by atoms with Gasteiger partial charge >= 0.3 is 6.09 Å². The number of para-hydroxylation sites is 1. The lowest BCUT2D eigenvalue weighted by Gasteiger charge is -2.32. The molecule has 40 heavy (non-hydrogen) atoms. The fourth-order valence-corrected chi connectivity index (χ4v) is 4.39. The predicted molar refractivity (Wildman–Crippen MR) is 158 cm³/mol. The van der Waals surface area contributed by atoms with E-state index >= 15 is 0 Å².